The molecule has 0 N–H and O–H groups in total. The molecule has 0 saturated carbocycles. The lowest BCUT2D eigenvalue weighted by Crippen LogP contribution is -2.39. The molecule has 7 heteroatoms. The number of benzene rings is 2. The second kappa shape index (κ2) is 7.56. The lowest BCUT2D eigenvalue weighted by molar-refractivity contribution is -0.124. The van der Waals surface area contributed by atoms with Crippen molar-refractivity contribution in [2.24, 2.45) is 0 Å². The number of fused-ring (bicyclic) bond motifs is 1. The lowest BCUT2D eigenvalue weighted by Gasteiger charge is -2.23. The highest BCUT2D eigenvalue weighted by Gasteiger charge is 2.30. The Morgan fingerprint density at radius 1 is 1.18 bits per heavy atom. The van der Waals surface area contributed by atoms with Gasteiger partial charge in [0.25, 0.3) is 5.91 Å². The van der Waals surface area contributed by atoms with Crippen LogP contribution >= 0.6 is 0 Å². The zero-order valence-corrected chi connectivity index (χ0v) is 17.7. The van der Waals surface area contributed by atoms with Gasteiger partial charge in [-0.3, -0.25) is 4.79 Å². The molecule has 2 aromatic rings. The molecular weight excluding hydrogens is 376 g/mol. The van der Waals surface area contributed by atoms with E-state index in [0.717, 1.165) is 22.4 Å². The predicted molar refractivity (Wildman–Crippen MR) is 109 cm³/mol. The number of hydrogen-bond acceptors (Lipinski definition) is 4. The standard InChI is InChI=1S/C21H26N2O4S/c1-14-7-6-8-20(15(14)2)27-16(3)21(24)23-12-11-17-13-18(9-10-19(17)23)28(25,26)22(4)5/h6-10,13,16H,11-12H2,1-5H3. The van der Waals surface area contributed by atoms with Crippen LogP contribution < -0.4 is 9.64 Å². The van der Waals surface area contributed by atoms with Crippen LogP contribution in [-0.4, -0.2) is 45.4 Å². The van der Waals surface area contributed by atoms with Gasteiger partial charge in [0, 0.05) is 26.3 Å². The quantitative estimate of drug-likeness (QED) is 0.771. The minimum Gasteiger partial charge on any atom is -0.481 e. The van der Waals surface area contributed by atoms with Crippen molar-refractivity contribution >= 4 is 21.6 Å². The third kappa shape index (κ3) is 3.64. The summed E-state index contributed by atoms with van der Waals surface area (Å²) in [6.45, 7) is 6.23. The molecule has 0 spiro atoms. The van der Waals surface area contributed by atoms with Crippen LogP contribution in [0.4, 0.5) is 5.69 Å². The number of ether oxygens (including phenoxy) is 1. The van der Waals surface area contributed by atoms with E-state index < -0.39 is 16.1 Å². The smallest absolute Gasteiger partial charge is 0.267 e. The van der Waals surface area contributed by atoms with E-state index in [9.17, 15) is 13.2 Å². The summed E-state index contributed by atoms with van der Waals surface area (Å²) in [5, 5.41) is 0. The molecular formula is C21H26N2O4S. The first kappa shape index (κ1) is 20.4. The third-order valence-electron chi connectivity index (χ3n) is 5.20. The van der Waals surface area contributed by atoms with Crippen LogP contribution in [0.25, 0.3) is 0 Å². The maximum Gasteiger partial charge on any atom is 0.267 e. The molecule has 1 heterocycles. The van der Waals surface area contributed by atoms with Gasteiger partial charge in [-0.2, -0.15) is 0 Å². The number of carbonyl (C=O) groups excluding carboxylic acids is 1. The summed E-state index contributed by atoms with van der Waals surface area (Å²) in [5.41, 5.74) is 3.73. The molecule has 0 fully saturated rings. The molecule has 0 aliphatic carbocycles. The van der Waals surface area contributed by atoms with Gasteiger partial charge in [-0.05, 0) is 68.1 Å². The second-order valence-corrected chi connectivity index (χ2v) is 9.43. The first-order chi connectivity index (χ1) is 13.1. The minimum atomic E-state index is -3.50. The van der Waals surface area contributed by atoms with Gasteiger partial charge in [0.1, 0.15) is 5.75 Å². The molecule has 0 saturated heterocycles. The lowest BCUT2D eigenvalue weighted by atomic mass is 10.1. The normalized spacial score (nSPS) is 14.9. The van der Waals surface area contributed by atoms with E-state index in [1.165, 1.54) is 18.4 Å². The SMILES string of the molecule is Cc1cccc(OC(C)C(=O)N2CCc3cc(S(=O)(=O)N(C)C)ccc32)c1C. The summed E-state index contributed by atoms with van der Waals surface area (Å²) in [4.78, 5) is 14.9. The number of hydrogen-bond donors (Lipinski definition) is 0. The highest BCUT2D eigenvalue weighted by atomic mass is 32.2. The Bertz CT molecular complexity index is 1020. The van der Waals surface area contributed by atoms with Gasteiger partial charge in [0.2, 0.25) is 10.0 Å². The van der Waals surface area contributed by atoms with Crippen LogP contribution in [0.5, 0.6) is 5.75 Å². The highest BCUT2D eigenvalue weighted by molar-refractivity contribution is 7.89. The fourth-order valence-electron chi connectivity index (χ4n) is 3.29. The molecule has 28 heavy (non-hydrogen) atoms. The van der Waals surface area contributed by atoms with Crippen molar-refractivity contribution in [2.75, 3.05) is 25.5 Å². The van der Waals surface area contributed by atoms with Crippen LogP contribution in [-0.2, 0) is 21.2 Å². The first-order valence-corrected chi connectivity index (χ1v) is 10.7. The van der Waals surface area contributed by atoms with E-state index in [0.29, 0.717) is 18.7 Å². The minimum absolute atomic E-state index is 0.136. The number of anilines is 1. The zero-order chi connectivity index (χ0) is 20.6. The molecule has 3 rings (SSSR count). The maximum atomic E-state index is 13.0. The summed E-state index contributed by atoms with van der Waals surface area (Å²) in [6, 6.07) is 10.7. The predicted octanol–water partition coefficient (Wildman–Crippen LogP) is 2.91. The fraction of sp³-hybridized carbons (Fsp3) is 0.381. The van der Waals surface area contributed by atoms with E-state index in [-0.39, 0.29) is 10.8 Å². The van der Waals surface area contributed by atoms with Gasteiger partial charge in [-0.25, -0.2) is 12.7 Å². The van der Waals surface area contributed by atoms with Crippen LogP contribution in [0.1, 0.15) is 23.6 Å². The molecule has 1 aliphatic heterocycles. The second-order valence-electron chi connectivity index (χ2n) is 7.28. The van der Waals surface area contributed by atoms with Crippen molar-refractivity contribution in [3.05, 3.63) is 53.1 Å². The Labute approximate surface area is 166 Å². The van der Waals surface area contributed by atoms with Crippen molar-refractivity contribution < 1.29 is 17.9 Å². The van der Waals surface area contributed by atoms with Gasteiger partial charge in [0.05, 0.1) is 4.90 Å². The molecule has 2 aromatic carbocycles. The monoisotopic (exact) mass is 402 g/mol. The number of sulfonamides is 1. The van der Waals surface area contributed by atoms with E-state index in [1.54, 1.807) is 30.0 Å². The summed E-state index contributed by atoms with van der Waals surface area (Å²) in [5.74, 6) is 0.565. The molecule has 1 aliphatic rings. The molecule has 1 atom stereocenters. The van der Waals surface area contributed by atoms with Crippen molar-refractivity contribution in [1.29, 1.82) is 0 Å². The Kier molecular flexibility index (Phi) is 5.50. The fourth-order valence-corrected chi connectivity index (χ4v) is 4.24. The molecule has 0 radical (unpaired) electrons. The van der Waals surface area contributed by atoms with Crippen LogP contribution in [0, 0.1) is 13.8 Å². The van der Waals surface area contributed by atoms with Gasteiger partial charge in [0.15, 0.2) is 6.10 Å². The topological polar surface area (TPSA) is 66.9 Å². The number of nitrogens with zero attached hydrogens (tertiary/aromatic N) is 2. The van der Waals surface area contributed by atoms with E-state index in [4.69, 9.17) is 4.74 Å². The van der Waals surface area contributed by atoms with Crippen molar-refractivity contribution in [1.82, 2.24) is 4.31 Å². The Balaban J connectivity index is 1.81. The number of aryl methyl sites for hydroxylation is 1. The Morgan fingerprint density at radius 2 is 1.89 bits per heavy atom. The van der Waals surface area contributed by atoms with Crippen LogP contribution in [0.3, 0.4) is 0 Å². The summed E-state index contributed by atoms with van der Waals surface area (Å²) in [7, 11) is -0.488. The van der Waals surface area contributed by atoms with Gasteiger partial charge >= 0.3 is 0 Å². The molecule has 1 amide bonds. The van der Waals surface area contributed by atoms with Crippen molar-refractivity contribution in [3.63, 3.8) is 0 Å². The zero-order valence-electron chi connectivity index (χ0n) is 16.9. The number of rotatable bonds is 5. The molecule has 150 valence electrons. The third-order valence-corrected chi connectivity index (χ3v) is 7.01. The molecule has 1 unspecified atom stereocenters. The summed E-state index contributed by atoms with van der Waals surface area (Å²) >= 11 is 0. The van der Waals surface area contributed by atoms with Crippen molar-refractivity contribution in [2.45, 2.75) is 38.2 Å². The van der Waals surface area contributed by atoms with Gasteiger partial charge in [-0.1, -0.05) is 12.1 Å². The van der Waals surface area contributed by atoms with E-state index >= 15 is 0 Å². The molecule has 0 aromatic heterocycles. The average molecular weight is 403 g/mol. The largest absolute Gasteiger partial charge is 0.481 e. The van der Waals surface area contributed by atoms with E-state index in [1.807, 2.05) is 32.0 Å². The van der Waals surface area contributed by atoms with Gasteiger partial charge in [-0.15, -0.1) is 0 Å². The first-order valence-electron chi connectivity index (χ1n) is 9.22. The molecule has 0 bridgehead atoms. The summed E-state index contributed by atoms with van der Waals surface area (Å²) in [6.07, 6.45) is -0.0229. The van der Waals surface area contributed by atoms with Crippen LogP contribution in [0.2, 0.25) is 0 Å². The van der Waals surface area contributed by atoms with Crippen molar-refractivity contribution in [3.8, 4) is 5.75 Å². The number of amides is 1. The Morgan fingerprint density at radius 3 is 2.57 bits per heavy atom. The Hall–Kier alpha value is -2.38. The summed E-state index contributed by atoms with van der Waals surface area (Å²) < 4.78 is 31.8. The average Bonchev–Trinajstić information content (AvgIpc) is 3.07. The van der Waals surface area contributed by atoms with Gasteiger partial charge < -0.3 is 9.64 Å². The number of carbonyl (C=O) groups is 1. The maximum absolute atomic E-state index is 13.0. The van der Waals surface area contributed by atoms with Crippen LogP contribution in [0.15, 0.2) is 41.3 Å². The van der Waals surface area contributed by atoms with E-state index in [2.05, 4.69) is 0 Å². The molecule has 6 nitrogen and oxygen atoms in total. The highest BCUT2D eigenvalue weighted by Crippen LogP contribution is 2.32.